The van der Waals surface area contributed by atoms with Crippen LogP contribution < -0.4 is 5.32 Å². The van der Waals surface area contributed by atoms with Gasteiger partial charge < -0.3 is 10.2 Å². The smallest absolute Gasteiger partial charge is 0.228 e. The molecule has 2 heterocycles. The molecule has 86 valence electrons. The second-order valence-corrected chi connectivity index (χ2v) is 5.63. The minimum atomic E-state index is -0.175. The number of carbonyl (C=O) groups is 1. The van der Waals surface area contributed by atoms with Gasteiger partial charge in [-0.25, -0.2) is 0 Å². The molecule has 0 radical (unpaired) electrons. The highest BCUT2D eigenvalue weighted by Crippen LogP contribution is 2.31. The maximum Gasteiger partial charge on any atom is 0.228 e. The van der Waals surface area contributed by atoms with E-state index in [9.17, 15) is 4.79 Å². The first-order chi connectivity index (χ1) is 7.04. The highest BCUT2D eigenvalue weighted by Gasteiger charge is 2.41. The molecular formula is C12H22N2O. The van der Waals surface area contributed by atoms with Crippen molar-refractivity contribution in [1.82, 2.24) is 10.2 Å². The van der Waals surface area contributed by atoms with E-state index in [2.05, 4.69) is 31.0 Å². The molecule has 0 aromatic carbocycles. The molecule has 3 nitrogen and oxygen atoms in total. The fourth-order valence-electron chi connectivity index (χ4n) is 2.60. The van der Waals surface area contributed by atoms with Crippen molar-refractivity contribution in [2.45, 2.75) is 27.2 Å². The van der Waals surface area contributed by atoms with Gasteiger partial charge in [-0.05, 0) is 18.3 Å². The lowest BCUT2D eigenvalue weighted by Crippen LogP contribution is -2.40. The molecular weight excluding hydrogens is 188 g/mol. The number of hydrogen-bond acceptors (Lipinski definition) is 2. The maximum absolute atomic E-state index is 12.2. The van der Waals surface area contributed by atoms with Crippen molar-refractivity contribution in [3.05, 3.63) is 0 Å². The van der Waals surface area contributed by atoms with Gasteiger partial charge in [-0.15, -0.1) is 0 Å². The standard InChI is InChI=1S/C12H22N2O/c1-4-12(2,3)11(15)14-7-9-5-13-6-10(9)8-14/h9-10,13H,4-8H2,1-3H3/t9-,10+. The summed E-state index contributed by atoms with van der Waals surface area (Å²) in [5.41, 5.74) is -0.175. The molecule has 0 aromatic heterocycles. The van der Waals surface area contributed by atoms with E-state index >= 15 is 0 Å². The summed E-state index contributed by atoms with van der Waals surface area (Å²) in [5.74, 6) is 1.77. The Balaban J connectivity index is 1.99. The number of rotatable bonds is 2. The third-order valence-corrected chi connectivity index (χ3v) is 4.14. The molecule has 1 amide bonds. The summed E-state index contributed by atoms with van der Waals surface area (Å²) < 4.78 is 0. The lowest BCUT2D eigenvalue weighted by Gasteiger charge is -2.28. The Morgan fingerprint density at radius 1 is 1.33 bits per heavy atom. The van der Waals surface area contributed by atoms with Gasteiger partial charge in [0.2, 0.25) is 5.91 Å². The first-order valence-corrected chi connectivity index (χ1v) is 6.04. The highest BCUT2D eigenvalue weighted by molar-refractivity contribution is 5.82. The topological polar surface area (TPSA) is 32.3 Å². The Hall–Kier alpha value is -0.570. The van der Waals surface area contributed by atoms with Crippen LogP contribution in [0.15, 0.2) is 0 Å². The van der Waals surface area contributed by atoms with Crippen molar-refractivity contribution in [2.24, 2.45) is 17.3 Å². The van der Waals surface area contributed by atoms with Gasteiger partial charge in [0.05, 0.1) is 0 Å². The van der Waals surface area contributed by atoms with E-state index in [1.54, 1.807) is 0 Å². The van der Waals surface area contributed by atoms with Gasteiger partial charge in [-0.1, -0.05) is 20.8 Å². The van der Waals surface area contributed by atoms with E-state index in [1.807, 2.05) is 0 Å². The van der Waals surface area contributed by atoms with E-state index in [0.717, 1.165) is 32.6 Å². The molecule has 2 aliphatic heterocycles. The Bertz CT molecular complexity index is 250. The van der Waals surface area contributed by atoms with Crippen LogP contribution in [0.5, 0.6) is 0 Å². The fraction of sp³-hybridized carbons (Fsp3) is 0.917. The van der Waals surface area contributed by atoms with Crippen LogP contribution in [0.2, 0.25) is 0 Å². The number of hydrogen-bond donors (Lipinski definition) is 1. The number of fused-ring (bicyclic) bond motifs is 1. The Kier molecular flexibility index (Phi) is 2.75. The van der Waals surface area contributed by atoms with Crippen LogP contribution in [0.25, 0.3) is 0 Å². The average molecular weight is 210 g/mol. The third-order valence-electron chi connectivity index (χ3n) is 4.14. The minimum Gasteiger partial charge on any atom is -0.342 e. The zero-order valence-corrected chi connectivity index (χ0v) is 10.0. The molecule has 2 atom stereocenters. The van der Waals surface area contributed by atoms with Crippen molar-refractivity contribution in [3.8, 4) is 0 Å². The zero-order chi connectivity index (χ0) is 11.1. The summed E-state index contributed by atoms with van der Waals surface area (Å²) in [5, 5.41) is 3.40. The van der Waals surface area contributed by atoms with Crippen LogP contribution in [0.1, 0.15) is 27.2 Å². The summed E-state index contributed by atoms with van der Waals surface area (Å²) in [6.07, 6.45) is 0.927. The molecule has 2 aliphatic rings. The highest BCUT2D eigenvalue weighted by atomic mass is 16.2. The van der Waals surface area contributed by atoms with Crippen molar-refractivity contribution in [3.63, 3.8) is 0 Å². The molecule has 1 N–H and O–H groups in total. The number of nitrogens with zero attached hydrogens (tertiary/aromatic N) is 1. The molecule has 0 unspecified atom stereocenters. The Labute approximate surface area is 92.2 Å². The molecule has 0 aliphatic carbocycles. The minimum absolute atomic E-state index is 0.175. The quantitative estimate of drug-likeness (QED) is 0.740. The number of amides is 1. The van der Waals surface area contributed by atoms with E-state index in [-0.39, 0.29) is 5.41 Å². The molecule has 0 spiro atoms. The number of carbonyl (C=O) groups excluding carboxylic acids is 1. The summed E-state index contributed by atoms with van der Waals surface area (Å²) in [4.78, 5) is 14.3. The molecule has 2 rings (SSSR count). The number of likely N-dealkylation sites (tertiary alicyclic amines) is 1. The average Bonchev–Trinajstić information content (AvgIpc) is 2.75. The van der Waals surface area contributed by atoms with Crippen LogP contribution in [-0.2, 0) is 4.79 Å². The fourth-order valence-corrected chi connectivity index (χ4v) is 2.60. The molecule has 2 saturated heterocycles. The Morgan fingerprint density at radius 2 is 1.87 bits per heavy atom. The van der Waals surface area contributed by atoms with E-state index in [0.29, 0.717) is 17.7 Å². The monoisotopic (exact) mass is 210 g/mol. The van der Waals surface area contributed by atoms with Gasteiger partial charge >= 0.3 is 0 Å². The summed E-state index contributed by atoms with van der Waals surface area (Å²) in [7, 11) is 0. The van der Waals surface area contributed by atoms with Crippen LogP contribution in [0, 0.1) is 17.3 Å². The van der Waals surface area contributed by atoms with Crippen molar-refractivity contribution < 1.29 is 4.79 Å². The van der Waals surface area contributed by atoms with Crippen LogP contribution in [0.4, 0.5) is 0 Å². The molecule has 2 fully saturated rings. The van der Waals surface area contributed by atoms with Gasteiger partial charge in [0.15, 0.2) is 0 Å². The van der Waals surface area contributed by atoms with E-state index < -0.39 is 0 Å². The van der Waals surface area contributed by atoms with Gasteiger partial charge in [0, 0.05) is 31.6 Å². The molecule has 3 heteroatoms. The van der Waals surface area contributed by atoms with Crippen molar-refractivity contribution in [1.29, 1.82) is 0 Å². The first kappa shape index (κ1) is 10.9. The summed E-state index contributed by atoms with van der Waals surface area (Å²) in [6.45, 7) is 10.3. The Morgan fingerprint density at radius 3 is 2.33 bits per heavy atom. The van der Waals surface area contributed by atoms with Crippen molar-refractivity contribution >= 4 is 5.91 Å². The lowest BCUT2D eigenvalue weighted by molar-refractivity contribution is -0.139. The number of nitrogens with one attached hydrogen (secondary N) is 1. The maximum atomic E-state index is 12.2. The predicted octanol–water partition coefficient (Wildman–Crippen LogP) is 1.10. The van der Waals surface area contributed by atoms with Crippen molar-refractivity contribution in [2.75, 3.05) is 26.2 Å². The lowest BCUT2D eigenvalue weighted by atomic mass is 9.88. The predicted molar refractivity (Wildman–Crippen MR) is 60.5 cm³/mol. The summed E-state index contributed by atoms with van der Waals surface area (Å²) in [6, 6.07) is 0. The molecule has 0 aromatic rings. The first-order valence-electron chi connectivity index (χ1n) is 6.04. The summed E-state index contributed by atoms with van der Waals surface area (Å²) >= 11 is 0. The second kappa shape index (κ2) is 3.78. The van der Waals surface area contributed by atoms with Crippen LogP contribution >= 0.6 is 0 Å². The normalized spacial score (nSPS) is 30.7. The van der Waals surface area contributed by atoms with Gasteiger partial charge in [-0.2, -0.15) is 0 Å². The SMILES string of the molecule is CCC(C)(C)C(=O)N1C[C@H]2CNC[C@H]2C1. The zero-order valence-electron chi connectivity index (χ0n) is 10.0. The molecule has 0 bridgehead atoms. The van der Waals surface area contributed by atoms with E-state index in [4.69, 9.17) is 0 Å². The molecule has 15 heavy (non-hydrogen) atoms. The second-order valence-electron chi connectivity index (χ2n) is 5.63. The van der Waals surface area contributed by atoms with E-state index in [1.165, 1.54) is 0 Å². The van der Waals surface area contributed by atoms with Gasteiger partial charge in [-0.3, -0.25) is 4.79 Å². The third kappa shape index (κ3) is 1.89. The van der Waals surface area contributed by atoms with Crippen LogP contribution in [-0.4, -0.2) is 37.0 Å². The van der Waals surface area contributed by atoms with Crippen LogP contribution in [0.3, 0.4) is 0 Å². The van der Waals surface area contributed by atoms with Gasteiger partial charge in [0.1, 0.15) is 0 Å². The molecule has 0 saturated carbocycles. The van der Waals surface area contributed by atoms with Gasteiger partial charge in [0.25, 0.3) is 0 Å². The largest absolute Gasteiger partial charge is 0.342 e.